The van der Waals surface area contributed by atoms with E-state index in [1.54, 1.807) is 25.1 Å². The van der Waals surface area contributed by atoms with E-state index in [1.807, 2.05) is 0 Å². The second kappa shape index (κ2) is 6.88. The van der Waals surface area contributed by atoms with Crippen LogP contribution in [0.2, 0.25) is 0 Å². The number of rotatable bonds is 5. The average molecular weight is 340 g/mol. The molecule has 0 radical (unpaired) electrons. The van der Waals surface area contributed by atoms with Crippen LogP contribution in [0.3, 0.4) is 0 Å². The van der Waals surface area contributed by atoms with Gasteiger partial charge in [-0.3, -0.25) is 9.59 Å². The van der Waals surface area contributed by atoms with E-state index in [2.05, 4.69) is 21.2 Å². The molecule has 1 N–H and O–H groups in total. The molecule has 1 saturated carbocycles. The number of aldehydes is 1. The number of benzene rings is 1. The number of amides is 1. The zero-order valence-electron chi connectivity index (χ0n) is 11.4. The summed E-state index contributed by atoms with van der Waals surface area (Å²) in [6.45, 7) is 1.72. The summed E-state index contributed by atoms with van der Waals surface area (Å²) in [7, 11) is 0. The minimum Gasteiger partial charge on any atom is -0.481 e. The van der Waals surface area contributed by atoms with Gasteiger partial charge >= 0.3 is 0 Å². The Morgan fingerprint density at radius 1 is 1.45 bits per heavy atom. The fourth-order valence-corrected chi connectivity index (χ4v) is 2.67. The summed E-state index contributed by atoms with van der Waals surface area (Å²) in [4.78, 5) is 22.9. The average Bonchev–Trinajstić information content (AvgIpc) is 2.93. The summed E-state index contributed by atoms with van der Waals surface area (Å²) in [6.07, 6.45) is 4.62. The maximum Gasteiger partial charge on any atom is 0.260 e. The van der Waals surface area contributed by atoms with Crippen molar-refractivity contribution in [3.63, 3.8) is 0 Å². The van der Waals surface area contributed by atoms with E-state index < -0.39 is 6.10 Å². The molecular formula is C15H18BrNO3. The zero-order valence-corrected chi connectivity index (χ0v) is 13.0. The smallest absolute Gasteiger partial charge is 0.260 e. The molecule has 1 fully saturated rings. The topological polar surface area (TPSA) is 55.4 Å². The van der Waals surface area contributed by atoms with Crippen molar-refractivity contribution in [3.05, 3.63) is 28.2 Å². The van der Waals surface area contributed by atoms with Crippen LogP contribution in [-0.4, -0.2) is 24.3 Å². The van der Waals surface area contributed by atoms with E-state index in [0.29, 0.717) is 15.8 Å². The van der Waals surface area contributed by atoms with Gasteiger partial charge in [0.2, 0.25) is 0 Å². The molecule has 0 aromatic heterocycles. The summed E-state index contributed by atoms with van der Waals surface area (Å²) < 4.78 is 6.30. The van der Waals surface area contributed by atoms with Crippen LogP contribution in [-0.2, 0) is 4.79 Å². The van der Waals surface area contributed by atoms with Gasteiger partial charge in [-0.2, -0.15) is 0 Å². The van der Waals surface area contributed by atoms with Crippen LogP contribution >= 0.6 is 15.9 Å². The highest BCUT2D eigenvalue weighted by atomic mass is 79.9. The lowest BCUT2D eigenvalue weighted by Gasteiger charge is -2.18. The second-order valence-electron chi connectivity index (χ2n) is 5.05. The quantitative estimate of drug-likeness (QED) is 0.838. The minimum atomic E-state index is -0.573. The van der Waals surface area contributed by atoms with Crippen LogP contribution in [0.1, 0.15) is 43.0 Å². The Kier molecular flexibility index (Phi) is 5.17. The first-order valence-electron chi connectivity index (χ1n) is 6.82. The Hall–Kier alpha value is -1.36. The lowest BCUT2D eigenvalue weighted by atomic mass is 10.2. The fraction of sp³-hybridized carbons (Fsp3) is 0.467. The number of ether oxygens (including phenoxy) is 1. The first kappa shape index (κ1) is 15.0. The van der Waals surface area contributed by atoms with Crippen LogP contribution in [0.5, 0.6) is 5.75 Å². The summed E-state index contributed by atoms with van der Waals surface area (Å²) in [6, 6.07) is 5.37. The van der Waals surface area contributed by atoms with Crippen molar-refractivity contribution in [2.75, 3.05) is 0 Å². The third-order valence-corrected chi connectivity index (χ3v) is 4.20. The van der Waals surface area contributed by atoms with Gasteiger partial charge in [0.15, 0.2) is 12.4 Å². The first-order chi connectivity index (χ1) is 9.60. The molecule has 0 saturated heterocycles. The van der Waals surface area contributed by atoms with Gasteiger partial charge in [0.1, 0.15) is 5.75 Å². The number of halogens is 1. The van der Waals surface area contributed by atoms with Crippen molar-refractivity contribution in [1.29, 1.82) is 0 Å². The number of hydrogen-bond acceptors (Lipinski definition) is 3. The molecule has 4 nitrogen and oxygen atoms in total. The Labute approximate surface area is 127 Å². The summed E-state index contributed by atoms with van der Waals surface area (Å²) in [5, 5.41) is 3.00. The van der Waals surface area contributed by atoms with Crippen molar-refractivity contribution < 1.29 is 14.3 Å². The summed E-state index contributed by atoms with van der Waals surface area (Å²) in [5.74, 6) is 0.414. The molecule has 0 aliphatic heterocycles. The predicted octanol–water partition coefficient (Wildman–Crippen LogP) is 3.09. The molecular weight excluding hydrogens is 322 g/mol. The van der Waals surface area contributed by atoms with Gasteiger partial charge in [0.05, 0.1) is 0 Å². The minimum absolute atomic E-state index is 0.104. The molecule has 1 amide bonds. The molecule has 1 aromatic carbocycles. The van der Waals surface area contributed by atoms with Crippen LogP contribution < -0.4 is 10.1 Å². The Balaban J connectivity index is 1.94. The SMILES string of the molecule is CC(Oc1ccc(Br)c(C=O)c1)C(=O)NC1CCCC1. The maximum atomic E-state index is 12.0. The third kappa shape index (κ3) is 3.82. The number of hydrogen-bond donors (Lipinski definition) is 1. The van der Waals surface area contributed by atoms with Crippen LogP contribution in [0.25, 0.3) is 0 Å². The van der Waals surface area contributed by atoms with E-state index in [1.165, 1.54) is 12.8 Å². The van der Waals surface area contributed by atoms with Gasteiger partial charge in [0.25, 0.3) is 5.91 Å². The van der Waals surface area contributed by atoms with E-state index in [4.69, 9.17) is 4.74 Å². The van der Waals surface area contributed by atoms with Crippen molar-refractivity contribution in [2.45, 2.75) is 44.8 Å². The van der Waals surface area contributed by atoms with Gasteiger partial charge in [0, 0.05) is 16.1 Å². The van der Waals surface area contributed by atoms with Crippen LogP contribution in [0.15, 0.2) is 22.7 Å². The molecule has 1 aromatic rings. The molecule has 0 heterocycles. The van der Waals surface area contributed by atoms with Gasteiger partial charge < -0.3 is 10.1 Å². The Morgan fingerprint density at radius 2 is 2.15 bits per heavy atom. The number of nitrogens with one attached hydrogen (secondary N) is 1. The van der Waals surface area contributed by atoms with E-state index >= 15 is 0 Å². The normalized spacial score (nSPS) is 16.7. The highest BCUT2D eigenvalue weighted by Gasteiger charge is 2.21. The number of carbonyl (C=O) groups is 2. The summed E-state index contributed by atoms with van der Waals surface area (Å²) >= 11 is 3.28. The molecule has 1 aliphatic rings. The molecule has 2 rings (SSSR count). The molecule has 1 atom stereocenters. The van der Waals surface area contributed by atoms with Crippen molar-refractivity contribution >= 4 is 28.1 Å². The highest BCUT2D eigenvalue weighted by Crippen LogP contribution is 2.22. The molecule has 20 heavy (non-hydrogen) atoms. The monoisotopic (exact) mass is 339 g/mol. The highest BCUT2D eigenvalue weighted by molar-refractivity contribution is 9.10. The van der Waals surface area contributed by atoms with Gasteiger partial charge in [-0.05, 0) is 38.0 Å². The zero-order chi connectivity index (χ0) is 14.5. The standard InChI is InChI=1S/C15H18BrNO3/c1-10(15(19)17-12-4-2-3-5-12)20-13-6-7-14(16)11(8-13)9-18/h6-10,12H,2-5H2,1H3,(H,17,19). The van der Waals surface area contributed by atoms with Crippen LogP contribution in [0.4, 0.5) is 0 Å². The van der Waals surface area contributed by atoms with Crippen molar-refractivity contribution in [1.82, 2.24) is 5.32 Å². The lowest BCUT2D eigenvalue weighted by molar-refractivity contribution is -0.127. The first-order valence-corrected chi connectivity index (χ1v) is 7.61. The van der Waals surface area contributed by atoms with Crippen molar-refractivity contribution in [2.24, 2.45) is 0 Å². The lowest BCUT2D eigenvalue weighted by Crippen LogP contribution is -2.41. The molecule has 108 valence electrons. The van der Waals surface area contributed by atoms with Crippen LogP contribution in [0, 0.1) is 0 Å². The van der Waals surface area contributed by atoms with E-state index in [9.17, 15) is 9.59 Å². The molecule has 1 aliphatic carbocycles. The number of carbonyl (C=O) groups excluding carboxylic acids is 2. The molecule has 5 heteroatoms. The largest absolute Gasteiger partial charge is 0.481 e. The summed E-state index contributed by atoms with van der Waals surface area (Å²) in [5.41, 5.74) is 0.505. The van der Waals surface area contributed by atoms with Gasteiger partial charge in [-0.15, -0.1) is 0 Å². The predicted molar refractivity (Wildman–Crippen MR) is 80.0 cm³/mol. The fourth-order valence-electron chi connectivity index (χ4n) is 2.33. The van der Waals surface area contributed by atoms with Gasteiger partial charge in [-0.1, -0.05) is 28.8 Å². The maximum absolute atomic E-state index is 12.0. The third-order valence-electron chi connectivity index (χ3n) is 3.48. The van der Waals surface area contributed by atoms with E-state index in [0.717, 1.165) is 19.1 Å². The van der Waals surface area contributed by atoms with Gasteiger partial charge in [-0.25, -0.2) is 0 Å². The van der Waals surface area contributed by atoms with E-state index in [-0.39, 0.29) is 11.9 Å². The molecule has 1 unspecified atom stereocenters. The molecule has 0 spiro atoms. The second-order valence-corrected chi connectivity index (χ2v) is 5.91. The Bertz CT molecular complexity index is 498. The van der Waals surface area contributed by atoms with Crippen molar-refractivity contribution in [3.8, 4) is 5.75 Å². The molecule has 0 bridgehead atoms. The Morgan fingerprint density at radius 3 is 2.80 bits per heavy atom.